The van der Waals surface area contributed by atoms with Crippen molar-refractivity contribution >= 4 is 23.1 Å². The normalized spacial score (nSPS) is 23.7. The number of nitrogens with zero attached hydrogens (tertiary/aromatic N) is 1. The van der Waals surface area contributed by atoms with E-state index >= 15 is 0 Å². The van der Waals surface area contributed by atoms with Gasteiger partial charge in [-0.1, -0.05) is 18.6 Å². The van der Waals surface area contributed by atoms with Crippen LogP contribution in [0.3, 0.4) is 0 Å². The molecule has 1 aliphatic rings. The maximum atomic E-state index is 12.8. The van der Waals surface area contributed by atoms with Crippen LogP contribution in [0.1, 0.15) is 39.5 Å². The van der Waals surface area contributed by atoms with Crippen molar-refractivity contribution in [1.82, 2.24) is 4.90 Å². The summed E-state index contributed by atoms with van der Waals surface area (Å²) >= 11 is 4.80. The molecule has 0 bridgehead atoms. The van der Waals surface area contributed by atoms with Gasteiger partial charge in [0.15, 0.2) is 0 Å². The van der Waals surface area contributed by atoms with E-state index in [9.17, 15) is 18.0 Å². The molecule has 2 atom stereocenters. The predicted molar refractivity (Wildman–Crippen MR) is 75.1 cm³/mol. The molecule has 2 N–H and O–H groups in total. The summed E-state index contributed by atoms with van der Waals surface area (Å²) in [7, 11) is 0. The van der Waals surface area contributed by atoms with E-state index in [0.717, 1.165) is 0 Å². The SMILES string of the molecule is CC(C)N(CC(N)=S)C(=O)C1CCCC(C(F)(F)F)C1. The number of carbonyl (C=O) groups is 1. The Morgan fingerprint density at radius 3 is 2.45 bits per heavy atom. The molecule has 2 unspecified atom stereocenters. The van der Waals surface area contributed by atoms with Gasteiger partial charge in [-0.3, -0.25) is 4.79 Å². The first-order valence-electron chi connectivity index (χ1n) is 6.78. The van der Waals surface area contributed by atoms with Crippen molar-refractivity contribution in [2.75, 3.05) is 6.54 Å². The Morgan fingerprint density at radius 1 is 1.40 bits per heavy atom. The maximum absolute atomic E-state index is 12.8. The summed E-state index contributed by atoms with van der Waals surface area (Å²) in [6, 6.07) is -0.129. The van der Waals surface area contributed by atoms with E-state index in [-0.39, 0.29) is 36.3 Å². The molecular formula is C13H21F3N2OS. The number of halogens is 3. The largest absolute Gasteiger partial charge is 0.392 e. The van der Waals surface area contributed by atoms with Gasteiger partial charge in [0.05, 0.1) is 17.5 Å². The summed E-state index contributed by atoms with van der Waals surface area (Å²) in [5.74, 6) is -2.21. The predicted octanol–water partition coefficient (Wildman–Crippen LogP) is 2.88. The third kappa shape index (κ3) is 4.61. The fourth-order valence-electron chi connectivity index (χ4n) is 2.63. The monoisotopic (exact) mass is 310 g/mol. The van der Waals surface area contributed by atoms with Crippen LogP contribution in [0, 0.1) is 11.8 Å². The van der Waals surface area contributed by atoms with Gasteiger partial charge < -0.3 is 10.6 Å². The fraction of sp³-hybridized carbons (Fsp3) is 0.846. The minimum absolute atomic E-state index is 0.115. The Balaban J connectivity index is 2.76. The van der Waals surface area contributed by atoms with Gasteiger partial charge >= 0.3 is 6.18 Å². The Bertz CT molecular complexity index is 371. The molecule has 0 saturated heterocycles. The summed E-state index contributed by atoms with van der Waals surface area (Å²) in [6.45, 7) is 3.74. The van der Waals surface area contributed by atoms with Crippen molar-refractivity contribution in [2.24, 2.45) is 17.6 Å². The molecule has 20 heavy (non-hydrogen) atoms. The van der Waals surface area contributed by atoms with Crippen molar-refractivity contribution in [2.45, 2.75) is 51.7 Å². The van der Waals surface area contributed by atoms with Crippen LogP contribution in [0.4, 0.5) is 13.2 Å². The standard InChI is InChI=1S/C13H21F3N2OS/c1-8(2)18(7-11(17)20)12(19)9-4-3-5-10(6-9)13(14,15)16/h8-10H,3-7H2,1-2H3,(H2,17,20). The Hall–Kier alpha value is -0.850. The lowest BCUT2D eigenvalue weighted by Gasteiger charge is -2.35. The van der Waals surface area contributed by atoms with E-state index in [2.05, 4.69) is 0 Å². The Kier molecular flexibility index (Phi) is 5.79. The molecule has 3 nitrogen and oxygen atoms in total. The first kappa shape index (κ1) is 17.2. The fourth-order valence-corrected chi connectivity index (χ4v) is 2.77. The molecule has 1 aliphatic carbocycles. The summed E-state index contributed by atoms with van der Waals surface area (Å²) in [4.78, 5) is 14.0. The number of hydrogen-bond acceptors (Lipinski definition) is 2. The molecule has 1 amide bonds. The molecule has 1 fully saturated rings. The number of hydrogen-bond donors (Lipinski definition) is 1. The highest BCUT2D eigenvalue weighted by molar-refractivity contribution is 7.80. The molecule has 0 aromatic carbocycles. The van der Waals surface area contributed by atoms with Crippen molar-refractivity contribution < 1.29 is 18.0 Å². The zero-order valence-electron chi connectivity index (χ0n) is 11.7. The number of carbonyl (C=O) groups excluding carboxylic acids is 1. The molecule has 0 aromatic heterocycles. The highest BCUT2D eigenvalue weighted by Gasteiger charge is 2.44. The Morgan fingerprint density at radius 2 is 2.00 bits per heavy atom. The van der Waals surface area contributed by atoms with Gasteiger partial charge in [-0.25, -0.2) is 0 Å². The summed E-state index contributed by atoms with van der Waals surface area (Å²) in [5, 5.41) is 0. The molecule has 7 heteroatoms. The quantitative estimate of drug-likeness (QED) is 0.812. The van der Waals surface area contributed by atoms with E-state index in [4.69, 9.17) is 18.0 Å². The van der Waals surface area contributed by atoms with E-state index in [1.807, 2.05) is 0 Å². The third-order valence-electron chi connectivity index (χ3n) is 3.72. The third-order valence-corrected chi connectivity index (χ3v) is 3.85. The van der Waals surface area contributed by atoms with Gasteiger partial charge in [-0.2, -0.15) is 13.2 Å². The van der Waals surface area contributed by atoms with Crippen LogP contribution >= 0.6 is 12.2 Å². The second-order valence-corrected chi connectivity index (χ2v) is 6.15. The number of nitrogens with two attached hydrogens (primary N) is 1. The topological polar surface area (TPSA) is 46.3 Å². The van der Waals surface area contributed by atoms with Crippen LogP contribution in [0.25, 0.3) is 0 Å². The zero-order chi connectivity index (χ0) is 15.5. The average molecular weight is 310 g/mol. The van der Waals surface area contributed by atoms with Gasteiger partial charge in [0, 0.05) is 12.0 Å². The molecule has 0 radical (unpaired) electrons. The van der Waals surface area contributed by atoms with E-state index in [1.165, 1.54) is 4.90 Å². The molecule has 0 aromatic rings. The van der Waals surface area contributed by atoms with E-state index < -0.39 is 18.0 Å². The number of amides is 1. The first-order chi connectivity index (χ1) is 9.12. The summed E-state index contributed by atoms with van der Waals surface area (Å²) < 4.78 is 38.3. The van der Waals surface area contributed by atoms with Gasteiger partial charge in [0.25, 0.3) is 0 Å². The smallest absolute Gasteiger partial charge is 0.391 e. The lowest BCUT2D eigenvalue weighted by atomic mass is 9.80. The highest BCUT2D eigenvalue weighted by Crippen LogP contribution is 2.40. The van der Waals surface area contributed by atoms with Crippen LogP contribution < -0.4 is 5.73 Å². The molecule has 0 aliphatic heterocycles. The number of rotatable bonds is 4. The maximum Gasteiger partial charge on any atom is 0.391 e. The minimum atomic E-state index is -4.22. The lowest BCUT2D eigenvalue weighted by molar-refractivity contribution is -0.187. The molecular weight excluding hydrogens is 289 g/mol. The highest BCUT2D eigenvalue weighted by atomic mass is 32.1. The summed E-state index contributed by atoms with van der Waals surface area (Å²) in [5.41, 5.74) is 5.45. The van der Waals surface area contributed by atoms with Gasteiger partial charge in [-0.05, 0) is 33.1 Å². The average Bonchev–Trinajstić information content (AvgIpc) is 2.33. The zero-order valence-corrected chi connectivity index (χ0v) is 12.6. The van der Waals surface area contributed by atoms with Crippen LogP contribution in [0.2, 0.25) is 0 Å². The first-order valence-corrected chi connectivity index (χ1v) is 7.19. The van der Waals surface area contributed by atoms with Crippen LogP contribution in [0.15, 0.2) is 0 Å². The number of thiocarbonyl (C=S) groups is 1. The van der Waals surface area contributed by atoms with Gasteiger partial charge in [-0.15, -0.1) is 0 Å². The minimum Gasteiger partial charge on any atom is -0.392 e. The van der Waals surface area contributed by atoms with Crippen molar-refractivity contribution in [3.63, 3.8) is 0 Å². The van der Waals surface area contributed by atoms with Crippen LogP contribution in [-0.4, -0.2) is 34.6 Å². The van der Waals surface area contributed by atoms with Crippen molar-refractivity contribution in [3.8, 4) is 0 Å². The van der Waals surface area contributed by atoms with Crippen molar-refractivity contribution in [3.05, 3.63) is 0 Å². The second-order valence-electron chi connectivity index (χ2n) is 5.63. The molecule has 0 spiro atoms. The molecule has 0 heterocycles. The van der Waals surface area contributed by atoms with Crippen molar-refractivity contribution in [1.29, 1.82) is 0 Å². The van der Waals surface area contributed by atoms with Crippen LogP contribution in [0.5, 0.6) is 0 Å². The lowest BCUT2D eigenvalue weighted by Crippen LogP contribution is -2.46. The van der Waals surface area contributed by atoms with E-state index in [1.54, 1.807) is 13.8 Å². The Labute approximate surface area is 122 Å². The number of alkyl halides is 3. The summed E-state index contributed by atoms with van der Waals surface area (Å²) in [6.07, 6.45) is -3.29. The van der Waals surface area contributed by atoms with Gasteiger partial charge in [0.1, 0.15) is 0 Å². The second kappa shape index (κ2) is 6.74. The van der Waals surface area contributed by atoms with Crippen LogP contribution in [-0.2, 0) is 4.79 Å². The molecule has 116 valence electrons. The van der Waals surface area contributed by atoms with Gasteiger partial charge in [0.2, 0.25) is 5.91 Å². The molecule has 1 saturated carbocycles. The molecule has 1 rings (SSSR count). The van der Waals surface area contributed by atoms with E-state index in [0.29, 0.717) is 12.8 Å².